The lowest BCUT2D eigenvalue weighted by Crippen LogP contribution is -2.40. The fraction of sp³-hybridized carbons (Fsp3) is 0.692. The summed E-state index contributed by atoms with van der Waals surface area (Å²) in [6.07, 6.45) is 2.62. The molecule has 98 valence electrons. The molecule has 2 aliphatic heterocycles. The molecule has 0 aromatic carbocycles. The van der Waals surface area contributed by atoms with Crippen molar-refractivity contribution in [1.82, 2.24) is 15.3 Å². The van der Waals surface area contributed by atoms with Crippen LogP contribution in [-0.4, -0.2) is 42.8 Å². The maximum atomic E-state index is 5.22. The maximum Gasteiger partial charge on any atom is 0.218 e. The van der Waals surface area contributed by atoms with Crippen molar-refractivity contribution in [2.45, 2.75) is 25.8 Å². The zero-order valence-corrected chi connectivity index (χ0v) is 11.0. The Hall–Kier alpha value is -1.36. The van der Waals surface area contributed by atoms with Crippen molar-refractivity contribution in [3.8, 4) is 5.88 Å². The Morgan fingerprint density at radius 3 is 3.06 bits per heavy atom. The number of hydrogen-bond donors (Lipinski definition) is 1. The molecule has 2 fully saturated rings. The van der Waals surface area contributed by atoms with Gasteiger partial charge in [-0.05, 0) is 32.2 Å². The van der Waals surface area contributed by atoms with Gasteiger partial charge in [-0.15, -0.1) is 0 Å². The first-order chi connectivity index (χ1) is 8.76. The third-order valence-corrected chi connectivity index (χ3v) is 3.93. The summed E-state index contributed by atoms with van der Waals surface area (Å²) in [4.78, 5) is 11.1. The van der Waals surface area contributed by atoms with Crippen LogP contribution in [-0.2, 0) is 0 Å². The van der Waals surface area contributed by atoms with E-state index in [-0.39, 0.29) is 0 Å². The zero-order valence-electron chi connectivity index (χ0n) is 11.0. The van der Waals surface area contributed by atoms with E-state index in [9.17, 15) is 0 Å². The van der Waals surface area contributed by atoms with E-state index >= 15 is 0 Å². The second-order valence-corrected chi connectivity index (χ2v) is 5.18. The summed E-state index contributed by atoms with van der Waals surface area (Å²) in [5.41, 5.74) is 0. The molecule has 2 atom stereocenters. The van der Waals surface area contributed by atoms with Crippen molar-refractivity contribution >= 4 is 5.82 Å². The first-order valence-electron chi connectivity index (χ1n) is 6.64. The standard InChI is InChI=1S/C13H20N4O/c1-9-15-12(6-13(16-9)18-2)17-7-10-4-3-5-14-11(10)8-17/h6,10-11,14H,3-5,7-8H2,1-2H3/t10-,11+/m0/s1. The van der Waals surface area contributed by atoms with Gasteiger partial charge in [0.25, 0.3) is 0 Å². The molecule has 2 aliphatic rings. The molecular weight excluding hydrogens is 228 g/mol. The lowest BCUT2D eigenvalue weighted by molar-refractivity contribution is 0.340. The molecule has 5 heteroatoms. The summed E-state index contributed by atoms with van der Waals surface area (Å²) < 4.78 is 5.22. The highest BCUT2D eigenvalue weighted by Gasteiger charge is 2.34. The number of methoxy groups -OCH3 is 1. The van der Waals surface area contributed by atoms with Gasteiger partial charge in [0.05, 0.1) is 7.11 Å². The molecule has 0 bridgehead atoms. The highest BCUT2D eigenvalue weighted by atomic mass is 16.5. The van der Waals surface area contributed by atoms with Crippen molar-refractivity contribution in [3.63, 3.8) is 0 Å². The van der Waals surface area contributed by atoms with Gasteiger partial charge in [-0.2, -0.15) is 4.98 Å². The number of hydrogen-bond acceptors (Lipinski definition) is 5. The van der Waals surface area contributed by atoms with Crippen LogP contribution in [0.1, 0.15) is 18.7 Å². The van der Waals surface area contributed by atoms with Gasteiger partial charge in [0.2, 0.25) is 5.88 Å². The molecule has 0 spiro atoms. The summed E-state index contributed by atoms with van der Waals surface area (Å²) in [7, 11) is 1.65. The van der Waals surface area contributed by atoms with Gasteiger partial charge in [0.15, 0.2) is 0 Å². The summed E-state index contributed by atoms with van der Waals surface area (Å²) in [6.45, 7) is 5.20. The molecule has 1 N–H and O–H groups in total. The number of anilines is 1. The maximum absolute atomic E-state index is 5.22. The summed E-state index contributed by atoms with van der Waals surface area (Å²) in [6, 6.07) is 2.56. The molecule has 0 unspecified atom stereocenters. The SMILES string of the molecule is COc1cc(N2C[C@@H]3CCCN[C@@H]3C2)nc(C)n1. The number of nitrogens with zero attached hydrogens (tertiary/aromatic N) is 3. The largest absolute Gasteiger partial charge is 0.481 e. The highest BCUT2D eigenvalue weighted by Crippen LogP contribution is 2.29. The third kappa shape index (κ3) is 2.14. The number of ether oxygens (including phenoxy) is 1. The molecule has 3 rings (SSSR count). The molecule has 18 heavy (non-hydrogen) atoms. The molecule has 0 saturated carbocycles. The van der Waals surface area contributed by atoms with Crippen LogP contribution in [0.5, 0.6) is 5.88 Å². The second-order valence-electron chi connectivity index (χ2n) is 5.18. The molecule has 0 aliphatic carbocycles. The van der Waals surface area contributed by atoms with Crippen LogP contribution < -0.4 is 15.0 Å². The molecular formula is C13H20N4O. The fourth-order valence-electron chi connectivity index (χ4n) is 3.03. The van der Waals surface area contributed by atoms with Crippen molar-refractivity contribution in [1.29, 1.82) is 0 Å². The number of aromatic nitrogens is 2. The summed E-state index contributed by atoms with van der Waals surface area (Å²) in [5.74, 6) is 3.18. The van der Waals surface area contributed by atoms with Crippen LogP contribution in [0.3, 0.4) is 0 Å². The average Bonchev–Trinajstić information content (AvgIpc) is 2.81. The second kappa shape index (κ2) is 4.72. The third-order valence-electron chi connectivity index (χ3n) is 3.93. The van der Waals surface area contributed by atoms with Crippen molar-refractivity contribution in [3.05, 3.63) is 11.9 Å². The summed E-state index contributed by atoms with van der Waals surface area (Å²) in [5, 5.41) is 3.61. The van der Waals surface area contributed by atoms with E-state index in [1.165, 1.54) is 12.8 Å². The quantitative estimate of drug-likeness (QED) is 0.845. The Bertz CT molecular complexity index is 423. The van der Waals surface area contributed by atoms with Crippen LogP contribution in [0.4, 0.5) is 5.82 Å². The van der Waals surface area contributed by atoms with E-state index in [1.54, 1.807) is 7.11 Å². The van der Waals surface area contributed by atoms with Crippen molar-refractivity contribution in [2.75, 3.05) is 31.6 Å². The Labute approximate surface area is 108 Å². The zero-order chi connectivity index (χ0) is 12.5. The minimum Gasteiger partial charge on any atom is -0.481 e. The Morgan fingerprint density at radius 2 is 2.28 bits per heavy atom. The van der Waals surface area contributed by atoms with Gasteiger partial charge >= 0.3 is 0 Å². The minimum atomic E-state index is 0.625. The van der Waals surface area contributed by atoms with Crippen LogP contribution in [0.25, 0.3) is 0 Å². The Kier molecular flexibility index (Phi) is 3.07. The molecule has 3 heterocycles. The van der Waals surface area contributed by atoms with Gasteiger partial charge in [0, 0.05) is 25.2 Å². The number of rotatable bonds is 2. The average molecular weight is 248 g/mol. The molecule has 0 radical (unpaired) electrons. The van der Waals surface area contributed by atoms with Crippen LogP contribution in [0.2, 0.25) is 0 Å². The minimum absolute atomic E-state index is 0.625. The van der Waals surface area contributed by atoms with E-state index in [4.69, 9.17) is 4.74 Å². The molecule has 2 saturated heterocycles. The highest BCUT2D eigenvalue weighted by molar-refractivity contribution is 5.43. The smallest absolute Gasteiger partial charge is 0.218 e. The van der Waals surface area contributed by atoms with Gasteiger partial charge in [0.1, 0.15) is 11.6 Å². The van der Waals surface area contributed by atoms with E-state index in [1.807, 2.05) is 13.0 Å². The van der Waals surface area contributed by atoms with Crippen LogP contribution in [0, 0.1) is 12.8 Å². The Balaban J connectivity index is 1.81. The molecule has 5 nitrogen and oxygen atoms in total. The number of fused-ring (bicyclic) bond motifs is 1. The number of nitrogens with one attached hydrogen (secondary N) is 1. The van der Waals surface area contributed by atoms with Crippen LogP contribution >= 0.6 is 0 Å². The van der Waals surface area contributed by atoms with Gasteiger partial charge in [-0.1, -0.05) is 0 Å². The first kappa shape index (κ1) is 11.7. The van der Waals surface area contributed by atoms with Crippen molar-refractivity contribution in [2.24, 2.45) is 5.92 Å². The van der Waals surface area contributed by atoms with Gasteiger partial charge < -0.3 is 15.0 Å². The fourth-order valence-corrected chi connectivity index (χ4v) is 3.03. The predicted molar refractivity (Wildman–Crippen MR) is 70.0 cm³/mol. The molecule has 1 aromatic heterocycles. The molecule has 0 amide bonds. The Morgan fingerprint density at radius 1 is 1.39 bits per heavy atom. The topological polar surface area (TPSA) is 50.3 Å². The monoisotopic (exact) mass is 248 g/mol. The van der Waals surface area contributed by atoms with E-state index in [0.717, 1.165) is 37.2 Å². The van der Waals surface area contributed by atoms with Gasteiger partial charge in [-0.25, -0.2) is 4.98 Å². The first-order valence-corrected chi connectivity index (χ1v) is 6.64. The van der Waals surface area contributed by atoms with E-state index in [0.29, 0.717) is 11.9 Å². The normalized spacial score (nSPS) is 27.1. The molecule has 1 aromatic rings. The number of aryl methyl sites for hydroxylation is 1. The van der Waals surface area contributed by atoms with E-state index in [2.05, 4.69) is 20.2 Å². The van der Waals surface area contributed by atoms with Crippen LogP contribution in [0.15, 0.2) is 6.07 Å². The van der Waals surface area contributed by atoms with Gasteiger partial charge in [-0.3, -0.25) is 0 Å². The van der Waals surface area contributed by atoms with Crippen molar-refractivity contribution < 1.29 is 4.74 Å². The lowest BCUT2D eigenvalue weighted by atomic mass is 9.94. The lowest BCUT2D eigenvalue weighted by Gasteiger charge is -2.24. The number of piperidine rings is 1. The van der Waals surface area contributed by atoms with E-state index < -0.39 is 0 Å². The summed E-state index contributed by atoms with van der Waals surface area (Å²) >= 11 is 0. The predicted octanol–water partition coefficient (Wildman–Crippen LogP) is 0.982.